The van der Waals surface area contributed by atoms with E-state index < -0.39 is 20.9 Å². The van der Waals surface area contributed by atoms with E-state index in [0.29, 0.717) is 5.56 Å². The van der Waals surface area contributed by atoms with Crippen molar-refractivity contribution in [2.45, 2.75) is 4.90 Å². The monoisotopic (exact) mass is 475 g/mol. The van der Waals surface area contributed by atoms with Crippen molar-refractivity contribution < 1.29 is 22.3 Å². The molecule has 0 bridgehead atoms. The molecule has 0 saturated heterocycles. The number of amides is 1. The zero-order valence-corrected chi connectivity index (χ0v) is 18.3. The van der Waals surface area contributed by atoms with Gasteiger partial charge in [0.05, 0.1) is 11.1 Å². The number of hydrogen-bond acceptors (Lipinski definition) is 7. The zero-order chi connectivity index (χ0) is 24.1. The molecule has 4 aromatic rings. The molecule has 0 unspecified atom stereocenters. The minimum Gasteiger partial charge on any atom is -0.379 e. The van der Waals surface area contributed by atoms with Crippen LogP contribution >= 0.6 is 0 Å². The molecule has 0 saturated carbocycles. The lowest BCUT2D eigenvalue weighted by atomic mass is 10.1. The van der Waals surface area contributed by atoms with Crippen LogP contribution in [0, 0.1) is 10.1 Å². The van der Waals surface area contributed by atoms with E-state index in [1.54, 1.807) is 24.3 Å². The van der Waals surface area contributed by atoms with E-state index in [2.05, 4.69) is 10.5 Å². The fraction of sp³-hybridized carbons (Fsp3) is 0. The molecule has 1 amide bonds. The normalized spacial score (nSPS) is 11.4. The van der Waals surface area contributed by atoms with Gasteiger partial charge < -0.3 is 4.18 Å². The molecule has 170 valence electrons. The summed E-state index contributed by atoms with van der Waals surface area (Å²) in [6.07, 6.45) is 1.32. The van der Waals surface area contributed by atoms with Gasteiger partial charge in [-0.05, 0) is 52.7 Å². The first kappa shape index (κ1) is 22.6. The molecule has 4 rings (SSSR count). The Labute approximate surface area is 194 Å². The van der Waals surface area contributed by atoms with Crippen LogP contribution in [0.2, 0.25) is 0 Å². The van der Waals surface area contributed by atoms with Gasteiger partial charge in [0.15, 0.2) is 0 Å². The number of nitro groups is 1. The summed E-state index contributed by atoms with van der Waals surface area (Å²) in [5.74, 6) is -0.476. The van der Waals surface area contributed by atoms with Crippen LogP contribution in [0.4, 0.5) is 5.69 Å². The molecule has 4 aromatic carbocycles. The van der Waals surface area contributed by atoms with E-state index >= 15 is 0 Å². The summed E-state index contributed by atoms with van der Waals surface area (Å²) in [5.41, 5.74) is 2.86. The van der Waals surface area contributed by atoms with Gasteiger partial charge in [0, 0.05) is 17.7 Å². The molecule has 0 aliphatic rings. The maximum Gasteiger partial charge on any atom is 0.339 e. The van der Waals surface area contributed by atoms with E-state index in [1.165, 1.54) is 48.7 Å². The number of nitro benzene ring substituents is 1. The Morgan fingerprint density at radius 2 is 1.65 bits per heavy atom. The molecule has 0 spiro atoms. The fourth-order valence-electron chi connectivity index (χ4n) is 3.11. The molecule has 1 N–H and O–H groups in total. The standard InChI is InChI=1S/C24H17N3O6S/c28-24(19-8-11-21(12-9-19)27(29)30)26-25-16-17-4-3-7-22(14-17)33-34(31,32)23-13-10-18-5-1-2-6-20(18)15-23/h1-16H,(H,26,28)/b25-16-. The third kappa shape index (κ3) is 5.25. The molecule has 0 fully saturated rings. The molecule has 0 radical (unpaired) electrons. The summed E-state index contributed by atoms with van der Waals surface area (Å²) in [6, 6.07) is 23.4. The molecule has 0 aliphatic carbocycles. The maximum absolute atomic E-state index is 12.7. The lowest BCUT2D eigenvalue weighted by Crippen LogP contribution is -2.17. The topological polar surface area (TPSA) is 128 Å². The number of carbonyl (C=O) groups is 1. The average Bonchev–Trinajstić information content (AvgIpc) is 2.83. The summed E-state index contributed by atoms with van der Waals surface area (Å²) < 4.78 is 30.7. The summed E-state index contributed by atoms with van der Waals surface area (Å²) in [4.78, 5) is 22.3. The van der Waals surface area contributed by atoms with E-state index in [-0.39, 0.29) is 21.9 Å². The Bertz CT molecular complexity index is 1520. The highest BCUT2D eigenvalue weighted by atomic mass is 32.2. The van der Waals surface area contributed by atoms with Gasteiger partial charge in [-0.15, -0.1) is 0 Å². The number of rotatable bonds is 7. The predicted molar refractivity (Wildman–Crippen MR) is 126 cm³/mol. The van der Waals surface area contributed by atoms with E-state index in [1.807, 2.05) is 24.3 Å². The fourth-order valence-corrected chi connectivity index (χ4v) is 4.07. The van der Waals surface area contributed by atoms with Crippen molar-refractivity contribution in [3.05, 3.63) is 112 Å². The van der Waals surface area contributed by atoms with Crippen molar-refractivity contribution in [3.63, 3.8) is 0 Å². The van der Waals surface area contributed by atoms with Gasteiger partial charge in [0.25, 0.3) is 11.6 Å². The third-order valence-electron chi connectivity index (χ3n) is 4.79. The Hall–Kier alpha value is -4.57. The van der Waals surface area contributed by atoms with Crippen molar-refractivity contribution in [3.8, 4) is 5.75 Å². The lowest BCUT2D eigenvalue weighted by molar-refractivity contribution is -0.384. The Balaban J connectivity index is 1.44. The number of nitrogens with one attached hydrogen (secondary N) is 1. The smallest absolute Gasteiger partial charge is 0.339 e. The van der Waals surface area contributed by atoms with E-state index in [9.17, 15) is 23.3 Å². The number of carbonyl (C=O) groups excluding carboxylic acids is 1. The van der Waals surface area contributed by atoms with Crippen LogP contribution in [0.15, 0.2) is 101 Å². The first-order valence-electron chi connectivity index (χ1n) is 9.93. The molecular formula is C24H17N3O6S. The number of non-ortho nitro benzene ring substituents is 1. The van der Waals surface area contributed by atoms with Crippen LogP contribution in [0.5, 0.6) is 5.75 Å². The molecule has 0 aromatic heterocycles. The highest BCUT2D eigenvalue weighted by molar-refractivity contribution is 7.87. The quantitative estimate of drug-likeness (QED) is 0.184. The second kappa shape index (κ2) is 9.51. The van der Waals surface area contributed by atoms with Gasteiger partial charge >= 0.3 is 10.1 Å². The van der Waals surface area contributed by atoms with Crippen LogP contribution in [0.25, 0.3) is 10.8 Å². The highest BCUT2D eigenvalue weighted by Gasteiger charge is 2.17. The summed E-state index contributed by atoms with van der Waals surface area (Å²) >= 11 is 0. The number of hydrogen-bond donors (Lipinski definition) is 1. The first-order valence-corrected chi connectivity index (χ1v) is 11.3. The van der Waals surface area contributed by atoms with Crippen LogP contribution in [0.3, 0.4) is 0 Å². The molecule has 0 heterocycles. The average molecular weight is 475 g/mol. The molecule has 34 heavy (non-hydrogen) atoms. The largest absolute Gasteiger partial charge is 0.379 e. The molecule has 0 aliphatic heterocycles. The van der Waals surface area contributed by atoms with Gasteiger partial charge in [-0.25, -0.2) is 5.43 Å². The Morgan fingerprint density at radius 3 is 2.38 bits per heavy atom. The second-order valence-corrected chi connectivity index (χ2v) is 8.67. The predicted octanol–water partition coefficient (Wildman–Crippen LogP) is 4.28. The van der Waals surface area contributed by atoms with Crippen molar-refractivity contribution >= 4 is 38.7 Å². The van der Waals surface area contributed by atoms with Gasteiger partial charge in [-0.3, -0.25) is 14.9 Å². The van der Waals surface area contributed by atoms with Crippen molar-refractivity contribution in [1.29, 1.82) is 0 Å². The Morgan fingerprint density at radius 1 is 0.912 bits per heavy atom. The third-order valence-corrected chi connectivity index (χ3v) is 6.04. The molecule has 0 atom stereocenters. The van der Waals surface area contributed by atoms with E-state index in [0.717, 1.165) is 10.8 Å². The van der Waals surface area contributed by atoms with Gasteiger partial charge in [-0.1, -0.05) is 42.5 Å². The number of benzene rings is 4. The summed E-state index contributed by atoms with van der Waals surface area (Å²) in [6.45, 7) is 0. The number of hydrazone groups is 1. The maximum atomic E-state index is 12.7. The molecule has 9 nitrogen and oxygen atoms in total. The van der Waals surface area contributed by atoms with Crippen LogP contribution in [0.1, 0.15) is 15.9 Å². The van der Waals surface area contributed by atoms with Crippen molar-refractivity contribution in [1.82, 2.24) is 5.43 Å². The second-order valence-electron chi connectivity index (χ2n) is 7.12. The number of fused-ring (bicyclic) bond motifs is 1. The molecular weight excluding hydrogens is 458 g/mol. The minimum absolute atomic E-state index is 0.0284. The first-order chi connectivity index (χ1) is 16.3. The number of nitrogens with zero attached hydrogens (tertiary/aromatic N) is 2. The van der Waals surface area contributed by atoms with Gasteiger partial charge in [0.1, 0.15) is 10.6 Å². The van der Waals surface area contributed by atoms with Gasteiger partial charge in [-0.2, -0.15) is 13.5 Å². The minimum atomic E-state index is -4.06. The molecule has 10 heteroatoms. The van der Waals surface area contributed by atoms with Gasteiger partial charge in [0.2, 0.25) is 0 Å². The zero-order valence-electron chi connectivity index (χ0n) is 17.5. The van der Waals surface area contributed by atoms with Crippen molar-refractivity contribution in [2.75, 3.05) is 0 Å². The van der Waals surface area contributed by atoms with Crippen molar-refractivity contribution in [2.24, 2.45) is 5.10 Å². The van der Waals surface area contributed by atoms with Crippen LogP contribution in [-0.4, -0.2) is 25.5 Å². The van der Waals surface area contributed by atoms with Crippen LogP contribution < -0.4 is 9.61 Å². The highest BCUT2D eigenvalue weighted by Crippen LogP contribution is 2.23. The summed E-state index contributed by atoms with van der Waals surface area (Å²) in [5, 5.41) is 16.2. The van der Waals surface area contributed by atoms with Crippen LogP contribution in [-0.2, 0) is 10.1 Å². The van der Waals surface area contributed by atoms with E-state index in [4.69, 9.17) is 4.18 Å². The Kier molecular flexibility index (Phi) is 6.33. The SMILES string of the molecule is O=C(N/N=C\c1cccc(OS(=O)(=O)c2ccc3ccccc3c2)c1)c1ccc([N+](=O)[O-])cc1. The summed E-state index contributed by atoms with van der Waals surface area (Å²) in [7, 11) is -4.06. The lowest BCUT2D eigenvalue weighted by Gasteiger charge is -2.08.